The van der Waals surface area contributed by atoms with E-state index in [0.29, 0.717) is 16.7 Å². The number of anilines is 1. The van der Waals surface area contributed by atoms with Crippen LogP contribution in [0.15, 0.2) is 18.2 Å². The summed E-state index contributed by atoms with van der Waals surface area (Å²) in [5.74, 6) is -0.923. The van der Waals surface area contributed by atoms with E-state index < -0.39 is 5.97 Å². The largest absolute Gasteiger partial charge is 1.00 e. The highest BCUT2D eigenvalue weighted by molar-refractivity contribution is 5.95. The van der Waals surface area contributed by atoms with E-state index in [9.17, 15) is 14.7 Å². The highest BCUT2D eigenvalue weighted by Crippen LogP contribution is 2.23. The van der Waals surface area contributed by atoms with Crippen molar-refractivity contribution in [3.8, 4) is 5.75 Å². The van der Waals surface area contributed by atoms with Crippen molar-refractivity contribution in [2.24, 2.45) is 0 Å². The summed E-state index contributed by atoms with van der Waals surface area (Å²) in [6, 6.07) is 4.37. The number of phenolic OH excluding ortho intramolecular Hbond substituents is 1. The molecule has 0 spiro atoms. The first-order valence-corrected chi connectivity index (χ1v) is 7.48. The predicted molar refractivity (Wildman–Crippen MR) is 84.8 cm³/mol. The van der Waals surface area contributed by atoms with Gasteiger partial charge < -0.3 is 43.6 Å². The van der Waals surface area contributed by atoms with E-state index in [4.69, 9.17) is 4.74 Å². The Balaban J connectivity index is 0.00000484. The van der Waals surface area contributed by atoms with Crippen LogP contribution in [-0.4, -0.2) is 54.8 Å². The molecule has 2 N–H and O–H groups in total. The Labute approximate surface area is 154 Å². The molecule has 0 aliphatic rings. The van der Waals surface area contributed by atoms with Crippen LogP contribution in [0.25, 0.3) is 0 Å². The van der Waals surface area contributed by atoms with E-state index in [1.165, 1.54) is 12.1 Å². The molecular weight excluding hydrogens is 411 g/mol. The molecule has 0 unspecified atom stereocenters. The molecule has 130 valence electrons. The SMILES string of the molecule is CCOC(=O)c1ccc(NC(=O)C[N+](C)(CC)CC)cc1O.[I-]. The van der Waals surface area contributed by atoms with Crippen molar-refractivity contribution in [3.05, 3.63) is 23.8 Å². The molecule has 0 bridgehead atoms. The second-order valence-corrected chi connectivity index (χ2v) is 5.41. The van der Waals surface area contributed by atoms with Gasteiger partial charge in [0.05, 0.1) is 26.7 Å². The van der Waals surface area contributed by atoms with Crippen molar-refractivity contribution in [1.82, 2.24) is 0 Å². The molecule has 0 saturated heterocycles. The summed E-state index contributed by atoms with van der Waals surface area (Å²) >= 11 is 0. The first-order chi connectivity index (χ1) is 10.3. The van der Waals surface area contributed by atoms with E-state index in [2.05, 4.69) is 5.32 Å². The number of hydrogen-bond donors (Lipinski definition) is 2. The Morgan fingerprint density at radius 1 is 1.22 bits per heavy atom. The molecule has 0 heterocycles. The number of halogens is 1. The highest BCUT2D eigenvalue weighted by atomic mass is 127. The fraction of sp³-hybridized carbons (Fsp3) is 0.500. The van der Waals surface area contributed by atoms with Crippen molar-refractivity contribution >= 4 is 17.6 Å². The summed E-state index contributed by atoms with van der Waals surface area (Å²) in [6.07, 6.45) is 0. The number of carbonyl (C=O) groups excluding carboxylic acids is 2. The monoisotopic (exact) mass is 436 g/mol. The fourth-order valence-electron chi connectivity index (χ4n) is 1.99. The molecule has 0 aliphatic heterocycles. The second kappa shape index (κ2) is 9.71. The molecule has 0 fully saturated rings. The van der Waals surface area contributed by atoms with Gasteiger partial charge in [0.15, 0.2) is 6.54 Å². The molecule has 1 amide bonds. The number of quaternary nitrogens is 1. The number of rotatable bonds is 7. The minimum Gasteiger partial charge on any atom is -1.00 e. The lowest BCUT2D eigenvalue weighted by molar-refractivity contribution is -0.898. The molecule has 0 aromatic heterocycles. The van der Waals surface area contributed by atoms with Gasteiger partial charge in [0, 0.05) is 11.8 Å². The van der Waals surface area contributed by atoms with Crippen LogP contribution < -0.4 is 29.3 Å². The van der Waals surface area contributed by atoms with Crippen LogP contribution in [0, 0.1) is 0 Å². The third kappa shape index (κ3) is 6.34. The normalized spacial score (nSPS) is 10.6. The van der Waals surface area contributed by atoms with Gasteiger partial charge in [-0.25, -0.2) is 4.79 Å². The topological polar surface area (TPSA) is 75.6 Å². The lowest BCUT2D eigenvalue weighted by Gasteiger charge is -2.31. The molecule has 23 heavy (non-hydrogen) atoms. The molecule has 1 aromatic carbocycles. The quantitative estimate of drug-likeness (QED) is 0.327. The van der Waals surface area contributed by atoms with Gasteiger partial charge >= 0.3 is 5.97 Å². The summed E-state index contributed by atoms with van der Waals surface area (Å²) in [5.41, 5.74) is 0.539. The Kier molecular flexibility index (Phi) is 9.14. The van der Waals surface area contributed by atoms with Gasteiger partial charge in [-0.05, 0) is 32.9 Å². The number of amides is 1. The molecule has 0 saturated carbocycles. The van der Waals surface area contributed by atoms with Gasteiger partial charge in [0.25, 0.3) is 5.91 Å². The van der Waals surface area contributed by atoms with Crippen LogP contribution in [0.4, 0.5) is 5.69 Å². The first kappa shape index (κ1) is 21.6. The van der Waals surface area contributed by atoms with E-state index >= 15 is 0 Å². The average molecular weight is 436 g/mol. The maximum Gasteiger partial charge on any atom is 0.341 e. The molecule has 7 heteroatoms. The second-order valence-electron chi connectivity index (χ2n) is 5.41. The molecule has 0 atom stereocenters. The van der Waals surface area contributed by atoms with Crippen molar-refractivity contribution in [3.63, 3.8) is 0 Å². The Hall–Kier alpha value is -1.35. The average Bonchev–Trinajstić information content (AvgIpc) is 2.47. The number of hydrogen-bond acceptors (Lipinski definition) is 4. The lowest BCUT2D eigenvalue weighted by atomic mass is 10.2. The Morgan fingerprint density at radius 3 is 2.30 bits per heavy atom. The summed E-state index contributed by atoms with van der Waals surface area (Å²) < 4.78 is 5.47. The van der Waals surface area contributed by atoms with E-state index in [1.807, 2.05) is 20.9 Å². The highest BCUT2D eigenvalue weighted by Gasteiger charge is 2.21. The number of likely N-dealkylation sites (N-methyl/N-ethyl adjacent to an activating group) is 1. The lowest BCUT2D eigenvalue weighted by Crippen LogP contribution is -3.00. The van der Waals surface area contributed by atoms with Crippen molar-refractivity contribution in [1.29, 1.82) is 0 Å². The Bertz CT molecular complexity index is 545. The van der Waals surface area contributed by atoms with Crippen LogP contribution in [0.5, 0.6) is 5.75 Å². The molecule has 1 rings (SSSR count). The number of nitrogens with one attached hydrogen (secondary N) is 1. The summed E-state index contributed by atoms with van der Waals surface area (Å²) in [5, 5.41) is 12.6. The maximum absolute atomic E-state index is 12.1. The number of phenols is 1. The number of carbonyl (C=O) groups is 2. The predicted octanol–water partition coefficient (Wildman–Crippen LogP) is -1.00. The zero-order chi connectivity index (χ0) is 16.8. The van der Waals surface area contributed by atoms with Crippen LogP contribution in [0.1, 0.15) is 31.1 Å². The van der Waals surface area contributed by atoms with Crippen molar-refractivity contribution < 1.29 is 47.9 Å². The third-order valence-electron chi connectivity index (χ3n) is 3.83. The molecule has 0 aliphatic carbocycles. The zero-order valence-corrected chi connectivity index (χ0v) is 16.2. The van der Waals surface area contributed by atoms with Gasteiger partial charge in [-0.1, -0.05) is 0 Å². The van der Waals surface area contributed by atoms with Gasteiger partial charge in [0.2, 0.25) is 0 Å². The van der Waals surface area contributed by atoms with Gasteiger partial charge in [-0.2, -0.15) is 0 Å². The molecule has 1 aromatic rings. The fourth-order valence-corrected chi connectivity index (χ4v) is 1.99. The molecule has 0 radical (unpaired) electrons. The van der Waals surface area contributed by atoms with Crippen LogP contribution in [0.2, 0.25) is 0 Å². The third-order valence-corrected chi connectivity index (χ3v) is 3.83. The van der Waals surface area contributed by atoms with Gasteiger partial charge in [0.1, 0.15) is 11.3 Å². The van der Waals surface area contributed by atoms with Crippen LogP contribution in [-0.2, 0) is 9.53 Å². The smallest absolute Gasteiger partial charge is 0.341 e. The summed E-state index contributed by atoms with van der Waals surface area (Å²) in [7, 11) is 2.01. The summed E-state index contributed by atoms with van der Waals surface area (Å²) in [6.45, 7) is 8.08. The van der Waals surface area contributed by atoms with E-state index in [0.717, 1.165) is 13.1 Å². The van der Waals surface area contributed by atoms with Crippen LogP contribution in [0.3, 0.4) is 0 Å². The van der Waals surface area contributed by atoms with Gasteiger partial charge in [-0.3, -0.25) is 4.79 Å². The Morgan fingerprint density at radius 2 is 1.83 bits per heavy atom. The standard InChI is InChI=1S/C16H24N2O4.HI/c1-5-18(4,6-2)11-15(20)17-12-8-9-13(14(19)10-12)16(21)22-7-3;/h8-10H,5-7,11H2,1-4H3,(H-,17,19,20,21);1H. The number of nitrogens with zero attached hydrogens (tertiary/aromatic N) is 1. The molecule has 6 nitrogen and oxygen atoms in total. The van der Waals surface area contributed by atoms with Gasteiger partial charge in [-0.15, -0.1) is 0 Å². The minimum absolute atomic E-state index is 0. The first-order valence-electron chi connectivity index (χ1n) is 7.48. The van der Waals surface area contributed by atoms with Crippen LogP contribution >= 0.6 is 0 Å². The number of esters is 1. The zero-order valence-electron chi connectivity index (χ0n) is 14.1. The summed E-state index contributed by atoms with van der Waals surface area (Å²) in [4.78, 5) is 23.7. The molecular formula is C16H25IN2O4. The number of benzene rings is 1. The van der Waals surface area contributed by atoms with E-state index in [-0.39, 0.29) is 47.8 Å². The number of ether oxygens (including phenoxy) is 1. The van der Waals surface area contributed by atoms with Crippen molar-refractivity contribution in [2.45, 2.75) is 20.8 Å². The van der Waals surface area contributed by atoms with E-state index in [1.54, 1.807) is 13.0 Å². The number of aromatic hydroxyl groups is 1. The van der Waals surface area contributed by atoms with Crippen molar-refractivity contribution in [2.75, 3.05) is 38.6 Å². The maximum atomic E-state index is 12.1. The minimum atomic E-state index is -0.584.